The Bertz CT molecular complexity index is 658. The number of hydrogen-bond acceptors (Lipinski definition) is 5. The predicted octanol–water partition coefficient (Wildman–Crippen LogP) is 2.89. The highest BCUT2D eigenvalue weighted by molar-refractivity contribution is 5.82. The Morgan fingerprint density at radius 2 is 1.96 bits per heavy atom. The van der Waals surface area contributed by atoms with Gasteiger partial charge in [-0.25, -0.2) is 9.97 Å². The van der Waals surface area contributed by atoms with Gasteiger partial charge in [0.15, 0.2) is 0 Å². The summed E-state index contributed by atoms with van der Waals surface area (Å²) in [5, 5.41) is 3.19. The molecule has 1 amide bonds. The topological polar surface area (TPSA) is 93.8 Å². The zero-order valence-corrected chi connectivity index (χ0v) is 14.3. The van der Waals surface area contributed by atoms with E-state index in [2.05, 4.69) is 26.3 Å². The van der Waals surface area contributed by atoms with E-state index in [4.69, 9.17) is 5.73 Å². The van der Waals surface area contributed by atoms with E-state index in [0.29, 0.717) is 18.0 Å². The second-order valence-electron chi connectivity index (χ2n) is 6.72. The van der Waals surface area contributed by atoms with Gasteiger partial charge < -0.3 is 11.1 Å². The molecule has 2 unspecified atom stereocenters. The fraction of sp³-hybridized carbons (Fsp3) is 0.474. The average Bonchev–Trinajstić information content (AvgIpc) is 2.67. The Morgan fingerprint density at radius 1 is 1.20 bits per heavy atom. The SMILES string of the molecule is NC(=O)C(CC(c1ccccn1)C1CCCCC1)Nc1cncnc1. The van der Waals surface area contributed by atoms with Crippen LogP contribution in [-0.4, -0.2) is 26.9 Å². The van der Waals surface area contributed by atoms with Gasteiger partial charge in [-0.1, -0.05) is 25.3 Å². The van der Waals surface area contributed by atoms with Gasteiger partial charge in [0, 0.05) is 17.8 Å². The summed E-state index contributed by atoms with van der Waals surface area (Å²) in [6.45, 7) is 0. The van der Waals surface area contributed by atoms with Gasteiger partial charge in [-0.05, 0) is 37.3 Å². The van der Waals surface area contributed by atoms with Gasteiger partial charge in [0.05, 0.1) is 18.1 Å². The molecule has 2 aromatic heterocycles. The van der Waals surface area contributed by atoms with Crippen LogP contribution in [0.1, 0.15) is 50.1 Å². The lowest BCUT2D eigenvalue weighted by Crippen LogP contribution is -2.38. The standard InChI is InChI=1S/C19H25N5O/c20-19(25)18(24-15-11-21-13-22-12-15)10-16(14-6-2-1-3-7-14)17-8-4-5-9-23-17/h4-5,8-9,11-14,16,18,24H,1-3,6-7,10H2,(H2,20,25). The van der Waals surface area contributed by atoms with E-state index in [1.54, 1.807) is 12.4 Å². The third-order valence-electron chi connectivity index (χ3n) is 5.02. The molecule has 2 atom stereocenters. The van der Waals surface area contributed by atoms with Crippen molar-refractivity contribution < 1.29 is 4.79 Å². The molecular weight excluding hydrogens is 314 g/mol. The van der Waals surface area contributed by atoms with Crippen LogP contribution in [0.25, 0.3) is 0 Å². The van der Waals surface area contributed by atoms with Crippen molar-refractivity contribution in [3.63, 3.8) is 0 Å². The van der Waals surface area contributed by atoms with Gasteiger partial charge >= 0.3 is 0 Å². The molecule has 25 heavy (non-hydrogen) atoms. The van der Waals surface area contributed by atoms with Gasteiger partial charge in [-0.3, -0.25) is 9.78 Å². The van der Waals surface area contributed by atoms with Crippen molar-refractivity contribution >= 4 is 11.6 Å². The lowest BCUT2D eigenvalue weighted by molar-refractivity contribution is -0.119. The zero-order chi connectivity index (χ0) is 17.5. The molecule has 6 heteroatoms. The molecule has 1 fully saturated rings. The van der Waals surface area contributed by atoms with Crippen LogP contribution >= 0.6 is 0 Å². The van der Waals surface area contributed by atoms with E-state index in [0.717, 1.165) is 5.69 Å². The molecule has 0 aromatic carbocycles. The molecule has 2 heterocycles. The molecule has 1 saturated carbocycles. The summed E-state index contributed by atoms with van der Waals surface area (Å²) in [5.41, 5.74) is 7.43. The van der Waals surface area contributed by atoms with Crippen LogP contribution in [0, 0.1) is 5.92 Å². The van der Waals surface area contributed by atoms with Crippen LogP contribution in [0.5, 0.6) is 0 Å². The minimum Gasteiger partial charge on any atom is -0.371 e. The second-order valence-corrected chi connectivity index (χ2v) is 6.72. The van der Waals surface area contributed by atoms with Gasteiger partial charge in [0.2, 0.25) is 5.91 Å². The van der Waals surface area contributed by atoms with E-state index in [1.165, 1.54) is 38.4 Å². The Kier molecular flexibility index (Phi) is 5.93. The Labute approximate surface area is 148 Å². The molecule has 2 aromatic rings. The van der Waals surface area contributed by atoms with Crippen LogP contribution in [0.2, 0.25) is 0 Å². The quantitative estimate of drug-likeness (QED) is 0.809. The average molecular weight is 339 g/mol. The molecule has 6 nitrogen and oxygen atoms in total. The molecule has 0 aliphatic heterocycles. The maximum atomic E-state index is 12.1. The normalized spacial score (nSPS) is 17.6. The molecule has 3 rings (SSSR count). The highest BCUT2D eigenvalue weighted by Crippen LogP contribution is 2.38. The fourth-order valence-corrected chi connectivity index (χ4v) is 3.76. The number of hydrogen-bond donors (Lipinski definition) is 2. The summed E-state index contributed by atoms with van der Waals surface area (Å²) >= 11 is 0. The highest BCUT2D eigenvalue weighted by Gasteiger charge is 2.30. The first kappa shape index (κ1) is 17.3. The van der Waals surface area contributed by atoms with E-state index in [-0.39, 0.29) is 11.8 Å². The first-order valence-corrected chi connectivity index (χ1v) is 8.96. The molecule has 0 saturated heterocycles. The second kappa shape index (κ2) is 8.55. The summed E-state index contributed by atoms with van der Waals surface area (Å²) < 4.78 is 0. The first-order valence-electron chi connectivity index (χ1n) is 8.96. The number of pyridine rings is 1. The minimum atomic E-state index is -0.472. The van der Waals surface area contributed by atoms with Gasteiger partial charge in [-0.2, -0.15) is 0 Å². The van der Waals surface area contributed by atoms with E-state index in [1.807, 2.05) is 18.3 Å². The number of anilines is 1. The summed E-state index contributed by atoms with van der Waals surface area (Å²) in [6, 6.07) is 5.52. The molecule has 0 radical (unpaired) electrons. The number of carbonyl (C=O) groups is 1. The maximum Gasteiger partial charge on any atom is 0.239 e. The predicted molar refractivity (Wildman–Crippen MR) is 96.8 cm³/mol. The largest absolute Gasteiger partial charge is 0.371 e. The number of nitrogens with two attached hydrogens (primary N) is 1. The van der Waals surface area contributed by atoms with Crippen molar-refractivity contribution in [3.8, 4) is 0 Å². The number of rotatable bonds is 7. The van der Waals surface area contributed by atoms with Crippen LogP contribution < -0.4 is 11.1 Å². The van der Waals surface area contributed by atoms with Crippen LogP contribution in [-0.2, 0) is 4.79 Å². The molecular formula is C19H25N5O. The maximum absolute atomic E-state index is 12.1. The van der Waals surface area contributed by atoms with E-state index >= 15 is 0 Å². The summed E-state index contributed by atoms with van der Waals surface area (Å²) in [5.74, 6) is 0.399. The van der Waals surface area contributed by atoms with Crippen molar-refractivity contribution in [2.24, 2.45) is 11.7 Å². The Balaban J connectivity index is 1.80. The molecule has 0 spiro atoms. The zero-order valence-electron chi connectivity index (χ0n) is 14.3. The third-order valence-corrected chi connectivity index (χ3v) is 5.02. The van der Waals surface area contributed by atoms with E-state index in [9.17, 15) is 4.79 Å². The smallest absolute Gasteiger partial charge is 0.239 e. The number of aromatic nitrogens is 3. The monoisotopic (exact) mass is 339 g/mol. The van der Waals surface area contributed by atoms with Crippen LogP contribution in [0.4, 0.5) is 5.69 Å². The number of primary amides is 1. The number of nitrogens with zero attached hydrogens (tertiary/aromatic N) is 3. The Morgan fingerprint density at radius 3 is 2.60 bits per heavy atom. The van der Waals surface area contributed by atoms with Crippen molar-refractivity contribution in [1.82, 2.24) is 15.0 Å². The summed E-state index contributed by atoms with van der Waals surface area (Å²) in [6.07, 6.45) is 13.4. The van der Waals surface area contributed by atoms with Gasteiger partial charge in [0.25, 0.3) is 0 Å². The Hall–Kier alpha value is -2.50. The summed E-state index contributed by atoms with van der Waals surface area (Å²) in [4.78, 5) is 24.6. The van der Waals surface area contributed by atoms with Gasteiger partial charge in [0.1, 0.15) is 12.4 Å². The van der Waals surface area contributed by atoms with E-state index < -0.39 is 6.04 Å². The van der Waals surface area contributed by atoms with Crippen LogP contribution in [0.15, 0.2) is 43.1 Å². The third kappa shape index (κ3) is 4.75. The fourth-order valence-electron chi connectivity index (χ4n) is 3.76. The molecule has 1 aliphatic carbocycles. The lowest BCUT2D eigenvalue weighted by atomic mass is 9.75. The van der Waals surface area contributed by atoms with Crippen LogP contribution in [0.3, 0.4) is 0 Å². The molecule has 1 aliphatic rings. The van der Waals surface area contributed by atoms with Gasteiger partial charge in [-0.15, -0.1) is 0 Å². The van der Waals surface area contributed by atoms with Crippen molar-refractivity contribution in [3.05, 3.63) is 48.8 Å². The number of nitrogens with one attached hydrogen (secondary N) is 1. The molecule has 3 N–H and O–H groups in total. The van der Waals surface area contributed by atoms with Crippen molar-refractivity contribution in [1.29, 1.82) is 0 Å². The number of carbonyl (C=O) groups excluding carboxylic acids is 1. The van der Waals surface area contributed by atoms with Crippen molar-refractivity contribution in [2.45, 2.75) is 50.5 Å². The van der Waals surface area contributed by atoms with Crippen molar-refractivity contribution in [2.75, 3.05) is 5.32 Å². The lowest BCUT2D eigenvalue weighted by Gasteiger charge is -2.32. The number of amides is 1. The highest BCUT2D eigenvalue weighted by atomic mass is 16.1. The molecule has 0 bridgehead atoms. The first-order chi connectivity index (χ1) is 12.2. The summed E-state index contributed by atoms with van der Waals surface area (Å²) in [7, 11) is 0. The minimum absolute atomic E-state index is 0.219. The molecule has 132 valence electrons.